The molecular formula is C24H22N2O. The molecule has 0 fully saturated rings. The summed E-state index contributed by atoms with van der Waals surface area (Å²) in [4.78, 5) is 15.0. The van der Waals surface area contributed by atoms with Crippen LogP contribution in [-0.4, -0.2) is 20.0 Å². The number of rotatable bonds is 4. The zero-order valence-corrected chi connectivity index (χ0v) is 15.5. The van der Waals surface area contributed by atoms with Crippen molar-refractivity contribution in [2.75, 3.05) is 19.0 Å². The van der Waals surface area contributed by atoms with Gasteiger partial charge < -0.3 is 10.2 Å². The van der Waals surface area contributed by atoms with Crippen LogP contribution in [0.25, 0.3) is 5.57 Å². The molecule has 134 valence electrons. The Kier molecular flexibility index (Phi) is 4.28. The van der Waals surface area contributed by atoms with Crippen LogP contribution in [-0.2, 0) is 10.3 Å². The molecule has 1 N–H and O–H groups in total. The van der Waals surface area contributed by atoms with Crippen LogP contribution in [0.15, 0.2) is 91.0 Å². The van der Waals surface area contributed by atoms with Gasteiger partial charge in [-0.15, -0.1) is 0 Å². The summed E-state index contributed by atoms with van der Waals surface area (Å²) in [6.07, 6.45) is 2.06. The lowest BCUT2D eigenvalue weighted by Gasteiger charge is -2.30. The maximum absolute atomic E-state index is 13.0. The zero-order chi connectivity index (χ0) is 18.9. The summed E-state index contributed by atoms with van der Waals surface area (Å²) < 4.78 is 0. The molecule has 0 aromatic heterocycles. The van der Waals surface area contributed by atoms with E-state index < -0.39 is 5.54 Å². The second kappa shape index (κ2) is 6.76. The summed E-state index contributed by atoms with van der Waals surface area (Å²) in [7, 11) is 4.04. The van der Waals surface area contributed by atoms with Gasteiger partial charge in [0.05, 0.1) is 0 Å². The third-order valence-electron chi connectivity index (χ3n) is 5.05. The Morgan fingerprint density at radius 1 is 0.778 bits per heavy atom. The molecule has 0 spiro atoms. The third kappa shape index (κ3) is 3.02. The minimum absolute atomic E-state index is 0.0553. The maximum atomic E-state index is 13.0. The lowest BCUT2D eigenvalue weighted by molar-refractivity contribution is -0.115. The van der Waals surface area contributed by atoms with Crippen molar-refractivity contribution in [2.45, 2.75) is 5.54 Å². The summed E-state index contributed by atoms with van der Waals surface area (Å²) >= 11 is 0. The highest BCUT2D eigenvalue weighted by molar-refractivity contribution is 6.22. The van der Waals surface area contributed by atoms with Crippen LogP contribution in [0.5, 0.6) is 0 Å². The van der Waals surface area contributed by atoms with Gasteiger partial charge in [0.1, 0.15) is 5.54 Å². The number of carbonyl (C=O) groups is 1. The molecule has 1 aliphatic rings. The Hall–Kier alpha value is -3.33. The molecule has 1 atom stereocenters. The molecule has 0 aliphatic carbocycles. The van der Waals surface area contributed by atoms with Crippen molar-refractivity contribution >= 4 is 17.2 Å². The first-order chi connectivity index (χ1) is 13.1. The number of amides is 1. The third-order valence-corrected chi connectivity index (χ3v) is 5.05. The van der Waals surface area contributed by atoms with Gasteiger partial charge in [-0.25, -0.2) is 0 Å². The minimum atomic E-state index is -0.685. The lowest BCUT2D eigenvalue weighted by Crippen LogP contribution is -2.40. The smallest absolute Gasteiger partial charge is 0.252 e. The van der Waals surface area contributed by atoms with E-state index in [1.54, 1.807) is 0 Å². The lowest BCUT2D eigenvalue weighted by atomic mass is 9.83. The quantitative estimate of drug-likeness (QED) is 0.761. The molecule has 4 rings (SSSR count). The molecule has 1 unspecified atom stereocenters. The van der Waals surface area contributed by atoms with Crippen molar-refractivity contribution in [1.82, 2.24) is 5.32 Å². The van der Waals surface area contributed by atoms with Gasteiger partial charge in [-0.3, -0.25) is 4.79 Å². The van der Waals surface area contributed by atoms with Gasteiger partial charge in [0, 0.05) is 25.4 Å². The van der Waals surface area contributed by atoms with Gasteiger partial charge in [0.25, 0.3) is 5.91 Å². The average Bonchev–Trinajstić information content (AvgIpc) is 3.08. The highest BCUT2D eigenvalue weighted by atomic mass is 16.2. The molecule has 1 amide bonds. The highest BCUT2D eigenvalue weighted by Crippen LogP contribution is 2.39. The van der Waals surface area contributed by atoms with E-state index in [2.05, 4.69) is 46.6 Å². The maximum Gasteiger partial charge on any atom is 0.252 e. The van der Waals surface area contributed by atoms with Crippen LogP contribution in [0.4, 0.5) is 5.69 Å². The summed E-state index contributed by atoms with van der Waals surface area (Å²) in [5.41, 5.74) is 4.12. The van der Waals surface area contributed by atoms with Gasteiger partial charge in [-0.1, -0.05) is 72.8 Å². The van der Waals surface area contributed by atoms with E-state index in [1.165, 1.54) is 0 Å². The van der Waals surface area contributed by atoms with E-state index in [9.17, 15) is 4.79 Å². The summed E-state index contributed by atoms with van der Waals surface area (Å²) in [5.74, 6) is -0.0553. The summed E-state index contributed by atoms with van der Waals surface area (Å²) in [5, 5.41) is 3.26. The van der Waals surface area contributed by atoms with Crippen LogP contribution in [0.1, 0.15) is 16.7 Å². The monoisotopic (exact) mass is 354 g/mol. The standard InChI is InChI=1S/C24H22N2O/c1-26(2)21-15-9-14-20(16-21)24(19-12-7-4-8-13-19)17-22(23(27)25-24)18-10-5-3-6-11-18/h3-17H,1-2H3,(H,25,27). The van der Waals surface area contributed by atoms with E-state index >= 15 is 0 Å². The number of hydrogen-bond donors (Lipinski definition) is 1. The van der Waals surface area contributed by atoms with Crippen LogP contribution in [0, 0.1) is 0 Å². The Balaban J connectivity index is 1.93. The van der Waals surface area contributed by atoms with Crippen molar-refractivity contribution < 1.29 is 4.79 Å². The molecule has 3 aromatic rings. The van der Waals surface area contributed by atoms with Crippen molar-refractivity contribution in [2.24, 2.45) is 0 Å². The number of anilines is 1. The SMILES string of the molecule is CN(C)c1cccc(C2(c3ccccc3)C=C(c3ccccc3)C(=O)N2)c1. The molecule has 3 nitrogen and oxygen atoms in total. The highest BCUT2D eigenvalue weighted by Gasteiger charge is 2.41. The number of nitrogens with zero attached hydrogens (tertiary/aromatic N) is 1. The second-order valence-corrected chi connectivity index (χ2v) is 7.00. The summed E-state index contributed by atoms with van der Waals surface area (Å²) in [6, 6.07) is 28.3. The second-order valence-electron chi connectivity index (χ2n) is 7.00. The Morgan fingerprint density at radius 2 is 1.41 bits per heavy atom. The molecule has 0 saturated carbocycles. The largest absolute Gasteiger partial charge is 0.378 e. The van der Waals surface area contributed by atoms with Crippen LogP contribution >= 0.6 is 0 Å². The molecule has 1 heterocycles. The molecule has 0 bridgehead atoms. The van der Waals surface area contributed by atoms with Gasteiger partial charge in [0.15, 0.2) is 0 Å². The van der Waals surface area contributed by atoms with Gasteiger partial charge in [0.2, 0.25) is 0 Å². The van der Waals surface area contributed by atoms with E-state index in [1.807, 2.05) is 68.7 Å². The first kappa shape index (κ1) is 17.1. The van der Waals surface area contributed by atoms with E-state index in [0.717, 1.165) is 22.4 Å². The van der Waals surface area contributed by atoms with Crippen molar-refractivity contribution in [1.29, 1.82) is 0 Å². The van der Waals surface area contributed by atoms with Gasteiger partial charge in [-0.2, -0.15) is 0 Å². The predicted octanol–water partition coefficient (Wildman–Crippen LogP) is 4.21. The number of benzene rings is 3. The van der Waals surface area contributed by atoms with Crippen LogP contribution in [0.2, 0.25) is 0 Å². The first-order valence-corrected chi connectivity index (χ1v) is 9.04. The van der Waals surface area contributed by atoms with Crippen molar-refractivity contribution in [3.63, 3.8) is 0 Å². The molecular weight excluding hydrogens is 332 g/mol. The molecule has 1 aliphatic heterocycles. The van der Waals surface area contributed by atoms with Gasteiger partial charge >= 0.3 is 0 Å². The van der Waals surface area contributed by atoms with Crippen molar-refractivity contribution in [3.05, 3.63) is 108 Å². The molecule has 3 heteroatoms. The van der Waals surface area contributed by atoms with E-state index in [0.29, 0.717) is 5.57 Å². The molecule has 0 radical (unpaired) electrons. The minimum Gasteiger partial charge on any atom is -0.378 e. The van der Waals surface area contributed by atoms with Crippen LogP contribution < -0.4 is 10.2 Å². The fourth-order valence-corrected chi connectivity index (χ4v) is 3.60. The number of carbonyl (C=O) groups excluding carboxylic acids is 1. The zero-order valence-electron chi connectivity index (χ0n) is 15.5. The summed E-state index contributed by atoms with van der Waals surface area (Å²) in [6.45, 7) is 0. The predicted molar refractivity (Wildman–Crippen MR) is 111 cm³/mol. The topological polar surface area (TPSA) is 32.3 Å². The Bertz CT molecular complexity index is 993. The number of nitrogens with one attached hydrogen (secondary N) is 1. The fraction of sp³-hybridized carbons (Fsp3) is 0.125. The number of hydrogen-bond acceptors (Lipinski definition) is 2. The Morgan fingerprint density at radius 3 is 2.07 bits per heavy atom. The first-order valence-electron chi connectivity index (χ1n) is 9.04. The van der Waals surface area contributed by atoms with Crippen LogP contribution in [0.3, 0.4) is 0 Å². The van der Waals surface area contributed by atoms with Crippen molar-refractivity contribution in [3.8, 4) is 0 Å². The molecule has 0 saturated heterocycles. The van der Waals surface area contributed by atoms with E-state index in [-0.39, 0.29) is 5.91 Å². The fourth-order valence-electron chi connectivity index (χ4n) is 3.60. The molecule has 3 aromatic carbocycles. The van der Waals surface area contributed by atoms with Gasteiger partial charge in [-0.05, 0) is 34.9 Å². The Labute approximate surface area is 160 Å². The molecule has 27 heavy (non-hydrogen) atoms. The normalized spacial score (nSPS) is 18.7. The van der Waals surface area contributed by atoms with E-state index in [4.69, 9.17) is 0 Å². The average molecular weight is 354 g/mol.